The van der Waals surface area contributed by atoms with Gasteiger partial charge in [-0.1, -0.05) is 11.6 Å². The Kier molecular flexibility index (Phi) is 1.84. The Morgan fingerprint density at radius 2 is 2.33 bits per heavy atom. The van der Waals surface area contributed by atoms with Gasteiger partial charge in [0.05, 0.1) is 5.69 Å². The zero-order chi connectivity index (χ0) is 10.4. The number of carboxylic acids is 1. The summed E-state index contributed by atoms with van der Waals surface area (Å²) in [7, 11) is 0. The molecule has 1 aromatic rings. The topological polar surface area (TPSA) is 63.3 Å². The fraction of sp³-hybridized carbons (Fsp3) is 0.636. The number of aromatic nitrogens is 1. The molecule has 4 nitrogen and oxygen atoms in total. The van der Waals surface area contributed by atoms with Gasteiger partial charge in [-0.3, -0.25) is 0 Å². The standard InChI is InChI=1S/C11H13NO3/c13-11(14)10-5-9(12-15-10)8-4-6-1-2-7(8)3-6/h5-8H,1-4H2,(H,13,14). The van der Waals surface area contributed by atoms with Gasteiger partial charge in [0.2, 0.25) is 5.76 Å². The third-order valence-corrected chi connectivity index (χ3v) is 3.86. The van der Waals surface area contributed by atoms with Gasteiger partial charge in [0.25, 0.3) is 0 Å². The number of hydrogen-bond acceptors (Lipinski definition) is 3. The molecule has 2 bridgehead atoms. The maximum Gasteiger partial charge on any atom is 0.374 e. The van der Waals surface area contributed by atoms with Crippen LogP contribution in [0.15, 0.2) is 10.6 Å². The smallest absolute Gasteiger partial charge is 0.374 e. The van der Waals surface area contributed by atoms with E-state index in [1.54, 1.807) is 6.07 Å². The first-order valence-electron chi connectivity index (χ1n) is 5.44. The fourth-order valence-electron chi connectivity index (χ4n) is 3.17. The first-order valence-corrected chi connectivity index (χ1v) is 5.44. The second-order valence-electron chi connectivity index (χ2n) is 4.70. The van der Waals surface area contributed by atoms with Crippen LogP contribution in [0, 0.1) is 11.8 Å². The van der Waals surface area contributed by atoms with Crippen molar-refractivity contribution in [1.82, 2.24) is 5.16 Å². The Labute approximate surface area is 87.3 Å². The van der Waals surface area contributed by atoms with Crippen molar-refractivity contribution in [2.75, 3.05) is 0 Å². The highest BCUT2D eigenvalue weighted by molar-refractivity contribution is 5.84. The molecule has 2 saturated carbocycles. The van der Waals surface area contributed by atoms with E-state index in [-0.39, 0.29) is 5.76 Å². The lowest BCUT2D eigenvalue weighted by atomic mass is 9.86. The van der Waals surface area contributed by atoms with Gasteiger partial charge < -0.3 is 9.63 Å². The summed E-state index contributed by atoms with van der Waals surface area (Å²) in [5, 5.41) is 12.6. The molecular formula is C11H13NO3. The van der Waals surface area contributed by atoms with Crippen LogP contribution in [0.5, 0.6) is 0 Å². The molecule has 3 rings (SSSR count). The van der Waals surface area contributed by atoms with Gasteiger partial charge >= 0.3 is 5.97 Å². The molecule has 15 heavy (non-hydrogen) atoms. The Balaban J connectivity index is 1.84. The van der Waals surface area contributed by atoms with Crippen LogP contribution in [0.4, 0.5) is 0 Å². The predicted octanol–water partition coefficient (Wildman–Crippen LogP) is 2.28. The third kappa shape index (κ3) is 1.35. The average Bonchev–Trinajstić information content (AvgIpc) is 2.93. The summed E-state index contributed by atoms with van der Waals surface area (Å²) in [6.45, 7) is 0. The van der Waals surface area contributed by atoms with E-state index < -0.39 is 5.97 Å². The molecule has 3 unspecified atom stereocenters. The predicted molar refractivity (Wildman–Crippen MR) is 51.7 cm³/mol. The van der Waals surface area contributed by atoms with Crippen LogP contribution in [-0.2, 0) is 0 Å². The number of carbonyl (C=O) groups is 1. The molecule has 1 N–H and O–H groups in total. The second kappa shape index (κ2) is 3.08. The van der Waals surface area contributed by atoms with Crippen LogP contribution in [-0.4, -0.2) is 16.2 Å². The molecule has 80 valence electrons. The van der Waals surface area contributed by atoms with Gasteiger partial charge in [-0.15, -0.1) is 0 Å². The van der Waals surface area contributed by atoms with Gasteiger partial charge in [-0.25, -0.2) is 4.79 Å². The molecule has 0 aliphatic heterocycles. The fourth-order valence-corrected chi connectivity index (χ4v) is 3.17. The van der Waals surface area contributed by atoms with Crippen LogP contribution in [0.3, 0.4) is 0 Å². The van der Waals surface area contributed by atoms with Crippen LogP contribution >= 0.6 is 0 Å². The molecule has 0 amide bonds. The van der Waals surface area contributed by atoms with Gasteiger partial charge in [-0.05, 0) is 31.1 Å². The van der Waals surface area contributed by atoms with Gasteiger partial charge in [0.1, 0.15) is 0 Å². The van der Waals surface area contributed by atoms with Gasteiger partial charge in [0, 0.05) is 12.0 Å². The number of carboxylic acid groups (broad SMARTS) is 1. The normalized spacial score (nSPS) is 33.5. The summed E-state index contributed by atoms with van der Waals surface area (Å²) >= 11 is 0. The number of rotatable bonds is 2. The molecular weight excluding hydrogens is 194 g/mol. The Morgan fingerprint density at radius 3 is 2.87 bits per heavy atom. The molecule has 4 heteroatoms. The Bertz CT molecular complexity index is 398. The lowest BCUT2D eigenvalue weighted by Crippen LogP contribution is -2.08. The monoisotopic (exact) mass is 207 g/mol. The van der Waals surface area contributed by atoms with E-state index in [2.05, 4.69) is 5.16 Å². The largest absolute Gasteiger partial charge is 0.475 e. The second-order valence-corrected chi connectivity index (χ2v) is 4.70. The number of nitrogens with zero attached hydrogens (tertiary/aromatic N) is 1. The van der Waals surface area contributed by atoms with Crippen molar-refractivity contribution in [1.29, 1.82) is 0 Å². The summed E-state index contributed by atoms with van der Waals surface area (Å²) in [5.74, 6) is 0.928. The van der Waals surface area contributed by atoms with Crippen LogP contribution in [0.2, 0.25) is 0 Å². The number of fused-ring (bicyclic) bond motifs is 2. The van der Waals surface area contributed by atoms with E-state index in [0.717, 1.165) is 18.0 Å². The van der Waals surface area contributed by atoms with E-state index in [1.807, 2.05) is 0 Å². The highest BCUT2D eigenvalue weighted by Crippen LogP contribution is 2.52. The summed E-state index contributed by atoms with van der Waals surface area (Å²) in [5.41, 5.74) is 0.847. The molecule has 1 heterocycles. The number of aromatic carboxylic acids is 1. The molecule has 0 spiro atoms. The zero-order valence-corrected chi connectivity index (χ0v) is 8.35. The molecule has 0 radical (unpaired) electrons. The van der Waals surface area contributed by atoms with E-state index in [1.165, 1.54) is 19.3 Å². The molecule has 3 atom stereocenters. The summed E-state index contributed by atoms with van der Waals surface area (Å²) in [4.78, 5) is 10.7. The minimum absolute atomic E-state index is 0.0345. The molecule has 0 saturated heterocycles. The maximum atomic E-state index is 10.7. The Morgan fingerprint density at radius 1 is 1.47 bits per heavy atom. The van der Waals surface area contributed by atoms with Crippen LogP contribution in [0.25, 0.3) is 0 Å². The average molecular weight is 207 g/mol. The zero-order valence-electron chi connectivity index (χ0n) is 8.35. The summed E-state index contributed by atoms with van der Waals surface area (Å²) in [6.07, 6.45) is 5.06. The first-order chi connectivity index (χ1) is 7.24. The lowest BCUT2D eigenvalue weighted by Gasteiger charge is -2.18. The van der Waals surface area contributed by atoms with E-state index in [0.29, 0.717) is 11.8 Å². The molecule has 2 aliphatic carbocycles. The molecule has 1 aromatic heterocycles. The van der Waals surface area contributed by atoms with Crippen LogP contribution < -0.4 is 0 Å². The number of hydrogen-bond donors (Lipinski definition) is 1. The van der Waals surface area contributed by atoms with Crippen molar-refractivity contribution in [2.45, 2.75) is 31.6 Å². The van der Waals surface area contributed by atoms with Gasteiger partial charge in [-0.2, -0.15) is 0 Å². The van der Waals surface area contributed by atoms with Crippen molar-refractivity contribution < 1.29 is 14.4 Å². The highest BCUT2D eigenvalue weighted by atomic mass is 16.5. The molecule has 0 aromatic carbocycles. The Hall–Kier alpha value is -1.32. The van der Waals surface area contributed by atoms with E-state index >= 15 is 0 Å². The van der Waals surface area contributed by atoms with Crippen molar-refractivity contribution in [3.63, 3.8) is 0 Å². The minimum atomic E-state index is -1.03. The lowest BCUT2D eigenvalue weighted by molar-refractivity contribution is 0.0652. The molecule has 2 aliphatic rings. The quantitative estimate of drug-likeness (QED) is 0.808. The summed E-state index contributed by atoms with van der Waals surface area (Å²) < 4.78 is 4.80. The van der Waals surface area contributed by atoms with Crippen molar-refractivity contribution >= 4 is 5.97 Å². The van der Waals surface area contributed by atoms with Gasteiger partial charge in [0.15, 0.2) is 0 Å². The highest BCUT2D eigenvalue weighted by Gasteiger charge is 2.41. The third-order valence-electron chi connectivity index (χ3n) is 3.86. The van der Waals surface area contributed by atoms with E-state index in [4.69, 9.17) is 9.63 Å². The van der Waals surface area contributed by atoms with Crippen LogP contribution in [0.1, 0.15) is 47.8 Å². The first kappa shape index (κ1) is 8.95. The molecule has 2 fully saturated rings. The van der Waals surface area contributed by atoms with Crippen molar-refractivity contribution in [2.24, 2.45) is 11.8 Å². The van der Waals surface area contributed by atoms with E-state index in [9.17, 15) is 4.79 Å². The van der Waals surface area contributed by atoms with Crippen molar-refractivity contribution in [3.05, 3.63) is 17.5 Å². The minimum Gasteiger partial charge on any atom is -0.475 e. The van der Waals surface area contributed by atoms with Crippen molar-refractivity contribution in [3.8, 4) is 0 Å². The maximum absolute atomic E-state index is 10.7. The SMILES string of the molecule is O=C(O)c1cc(C2CC3CCC2C3)no1. The summed E-state index contributed by atoms with van der Waals surface area (Å²) in [6, 6.07) is 1.59.